The van der Waals surface area contributed by atoms with E-state index >= 15 is 0 Å². The van der Waals surface area contributed by atoms with Crippen LogP contribution in [0, 0.1) is 16.0 Å². The van der Waals surface area contributed by atoms with Crippen molar-refractivity contribution in [2.45, 2.75) is 53.0 Å². The van der Waals surface area contributed by atoms with E-state index in [1.807, 2.05) is 13.8 Å². The number of hydrogen-bond donors (Lipinski definition) is 1. The highest BCUT2D eigenvalue weighted by atomic mass is 16.6. The fourth-order valence-electron chi connectivity index (χ4n) is 2.98. The molecule has 1 heterocycles. The fourth-order valence-corrected chi connectivity index (χ4v) is 2.98. The molecular weight excluding hydrogens is 336 g/mol. The van der Waals surface area contributed by atoms with Crippen LogP contribution in [0.15, 0.2) is 23.0 Å². The third kappa shape index (κ3) is 4.15. The highest BCUT2D eigenvalue weighted by molar-refractivity contribution is 5.89. The maximum absolute atomic E-state index is 12.9. The van der Waals surface area contributed by atoms with Gasteiger partial charge in [0.25, 0.3) is 11.2 Å². The minimum atomic E-state index is -0.512. The zero-order chi connectivity index (χ0) is 19.3. The topological polar surface area (TPSA) is 94.6 Å². The Morgan fingerprint density at radius 2 is 2.04 bits per heavy atom. The van der Waals surface area contributed by atoms with Crippen LogP contribution in [-0.2, 0) is 6.54 Å². The number of aromatic hydroxyl groups is 1. The first kappa shape index (κ1) is 19.8. The summed E-state index contributed by atoms with van der Waals surface area (Å²) in [7, 11) is 0. The Bertz CT molecular complexity index is 844. The monoisotopic (exact) mass is 362 g/mol. The van der Waals surface area contributed by atoms with Gasteiger partial charge in [0.05, 0.1) is 17.0 Å². The predicted octanol–water partition coefficient (Wildman–Crippen LogP) is 4.23. The number of nitro groups is 1. The highest BCUT2D eigenvalue weighted by Crippen LogP contribution is 2.33. The second-order valence-electron chi connectivity index (χ2n) is 6.65. The van der Waals surface area contributed by atoms with Crippen molar-refractivity contribution in [2.24, 2.45) is 5.92 Å². The third-order valence-corrected chi connectivity index (χ3v) is 4.42. The van der Waals surface area contributed by atoms with Gasteiger partial charge in [0.15, 0.2) is 5.75 Å². The average Bonchev–Trinajstić information content (AvgIpc) is 2.61. The molecule has 7 heteroatoms. The molecule has 1 aromatic carbocycles. The second-order valence-corrected chi connectivity index (χ2v) is 6.65. The van der Waals surface area contributed by atoms with Crippen LogP contribution in [0.5, 0.6) is 11.5 Å². The molecule has 7 nitrogen and oxygen atoms in total. The van der Waals surface area contributed by atoms with Crippen molar-refractivity contribution in [2.75, 3.05) is 6.61 Å². The van der Waals surface area contributed by atoms with Crippen LogP contribution < -0.4 is 10.3 Å². The number of aryl methyl sites for hydroxylation is 1. The van der Waals surface area contributed by atoms with Gasteiger partial charge in [-0.15, -0.1) is 0 Å². The van der Waals surface area contributed by atoms with Crippen LogP contribution >= 0.6 is 0 Å². The van der Waals surface area contributed by atoms with Gasteiger partial charge in [0, 0.05) is 24.1 Å². The van der Waals surface area contributed by atoms with Crippen molar-refractivity contribution in [3.05, 3.63) is 38.7 Å². The molecule has 2 aromatic rings. The standard InChI is InChI=1S/C19H26N2O5/c1-4-6-10-20-16-11-14(21(24)25)8-9-15(16)17(22)18(19(20)23)26-12-13(3)7-5-2/h8-9,11,13,22H,4-7,10,12H2,1-3H3. The summed E-state index contributed by atoms with van der Waals surface area (Å²) in [6.07, 6.45) is 3.59. The molecular formula is C19H26N2O5. The molecule has 1 unspecified atom stereocenters. The summed E-state index contributed by atoms with van der Waals surface area (Å²) in [6, 6.07) is 4.11. The average molecular weight is 362 g/mol. The number of nitrogens with zero attached hydrogens (tertiary/aromatic N) is 2. The number of fused-ring (bicyclic) bond motifs is 1. The summed E-state index contributed by atoms with van der Waals surface area (Å²) >= 11 is 0. The van der Waals surface area contributed by atoms with Crippen molar-refractivity contribution < 1.29 is 14.8 Å². The quantitative estimate of drug-likeness (QED) is 0.532. The number of aromatic nitrogens is 1. The first-order valence-electron chi connectivity index (χ1n) is 9.07. The lowest BCUT2D eigenvalue weighted by molar-refractivity contribution is -0.384. The van der Waals surface area contributed by atoms with E-state index in [9.17, 15) is 20.0 Å². The number of nitro benzene ring substituents is 1. The highest BCUT2D eigenvalue weighted by Gasteiger charge is 2.20. The minimum absolute atomic E-state index is 0.0783. The smallest absolute Gasteiger partial charge is 0.297 e. The van der Waals surface area contributed by atoms with Gasteiger partial charge in [-0.3, -0.25) is 14.9 Å². The fraction of sp³-hybridized carbons (Fsp3) is 0.526. The zero-order valence-electron chi connectivity index (χ0n) is 15.5. The summed E-state index contributed by atoms with van der Waals surface area (Å²) < 4.78 is 7.13. The molecule has 0 spiro atoms. The van der Waals surface area contributed by atoms with E-state index in [1.54, 1.807) is 0 Å². The molecule has 0 saturated carbocycles. The van der Waals surface area contributed by atoms with Gasteiger partial charge in [0.2, 0.25) is 5.75 Å². The Hall–Kier alpha value is -2.57. The van der Waals surface area contributed by atoms with Crippen LogP contribution in [0.1, 0.15) is 46.5 Å². The van der Waals surface area contributed by atoms with Crippen LogP contribution in [-0.4, -0.2) is 21.2 Å². The van der Waals surface area contributed by atoms with Crippen molar-refractivity contribution in [3.8, 4) is 11.5 Å². The van der Waals surface area contributed by atoms with Gasteiger partial charge in [-0.1, -0.05) is 33.6 Å². The van der Waals surface area contributed by atoms with E-state index in [0.717, 1.165) is 25.7 Å². The molecule has 0 aliphatic heterocycles. The summed E-state index contributed by atoms with van der Waals surface area (Å²) in [4.78, 5) is 23.4. The summed E-state index contributed by atoms with van der Waals surface area (Å²) in [5.74, 6) is -0.0720. The largest absolute Gasteiger partial charge is 0.504 e. The van der Waals surface area contributed by atoms with E-state index in [-0.39, 0.29) is 23.1 Å². The molecule has 0 saturated heterocycles. The molecule has 1 atom stereocenters. The lowest BCUT2D eigenvalue weighted by Crippen LogP contribution is -2.24. The number of rotatable bonds is 9. The van der Waals surface area contributed by atoms with Crippen molar-refractivity contribution in [3.63, 3.8) is 0 Å². The van der Waals surface area contributed by atoms with Gasteiger partial charge in [0.1, 0.15) is 0 Å². The molecule has 26 heavy (non-hydrogen) atoms. The van der Waals surface area contributed by atoms with Crippen molar-refractivity contribution in [1.82, 2.24) is 4.57 Å². The Morgan fingerprint density at radius 3 is 2.65 bits per heavy atom. The number of hydrogen-bond acceptors (Lipinski definition) is 5. The lowest BCUT2D eigenvalue weighted by Gasteiger charge is -2.17. The normalized spacial score (nSPS) is 12.3. The van der Waals surface area contributed by atoms with E-state index in [2.05, 4.69) is 6.92 Å². The van der Waals surface area contributed by atoms with E-state index < -0.39 is 10.5 Å². The molecule has 2 rings (SSSR count). The Kier molecular flexibility index (Phi) is 6.60. The summed E-state index contributed by atoms with van der Waals surface area (Å²) in [6.45, 7) is 6.85. The zero-order valence-corrected chi connectivity index (χ0v) is 15.5. The molecule has 0 fully saturated rings. The van der Waals surface area contributed by atoms with Crippen molar-refractivity contribution in [1.29, 1.82) is 0 Å². The SMILES string of the molecule is CCCCn1c(=O)c(OCC(C)CCC)c(O)c2ccc([N+](=O)[O-])cc21. The molecule has 1 N–H and O–H groups in total. The number of non-ortho nitro benzene ring substituents is 1. The minimum Gasteiger partial charge on any atom is -0.504 e. The van der Waals surface area contributed by atoms with Gasteiger partial charge in [-0.2, -0.15) is 0 Å². The van der Waals surface area contributed by atoms with E-state index in [4.69, 9.17) is 4.74 Å². The number of pyridine rings is 1. The molecule has 0 bridgehead atoms. The van der Waals surface area contributed by atoms with Gasteiger partial charge in [-0.05, 0) is 24.8 Å². The van der Waals surface area contributed by atoms with Crippen LogP contribution in [0.2, 0.25) is 0 Å². The lowest BCUT2D eigenvalue weighted by atomic mass is 10.1. The maximum Gasteiger partial charge on any atom is 0.297 e. The van der Waals surface area contributed by atoms with Crippen LogP contribution in [0.25, 0.3) is 10.9 Å². The number of unbranched alkanes of at least 4 members (excludes halogenated alkanes) is 1. The van der Waals surface area contributed by atoms with Crippen LogP contribution in [0.3, 0.4) is 0 Å². The number of ether oxygens (including phenoxy) is 1. The first-order chi connectivity index (χ1) is 12.4. The Morgan fingerprint density at radius 1 is 1.31 bits per heavy atom. The van der Waals surface area contributed by atoms with E-state index in [0.29, 0.717) is 24.1 Å². The molecule has 0 radical (unpaired) electrons. The molecule has 0 aliphatic carbocycles. The Labute approximate surface area is 152 Å². The maximum atomic E-state index is 12.9. The van der Waals surface area contributed by atoms with E-state index in [1.165, 1.54) is 22.8 Å². The van der Waals surface area contributed by atoms with Gasteiger partial charge >= 0.3 is 0 Å². The predicted molar refractivity (Wildman–Crippen MR) is 101 cm³/mol. The first-order valence-corrected chi connectivity index (χ1v) is 9.07. The second kappa shape index (κ2) is 8.69. The number of benzene rings is 1. The molecule has 0 amide bonds. The summed E-state index contributed by atoms with van der Waals surface area (Å²) in [5, 5.41) is 22.0. The summed E-state index contributed by atoms with van der Waals surface area (Å²) in [5.41, 5.74) is -0.219. The van der Waals surface area contributed by atoms with Crippen LogP contribution in [0.4, 0.5) is 5.69 Å². The molecule has 142 valence electrons. The van der Waals surface area contributed by atoms with Gasteiger partial charge < -0.3 is 14.4 Å². The van der Waals surface area contributed by atoms with Crippen molar-refractivity contribution >= 4 is 16.6 Å². The van der Waals surface area contributed by atoms with Gasteiger partial charge in [-0.25, -0.2) is 0 Å². The third-order valence-electron chi connectivity index (χ3n) is 4.42. The Balaban J connectivity index is 2.57. The molecule has 1 aromatic heterocycles. The molecule has 0 aliphatic rings.